The zero-order valence-corrected chi connectivity index (χ0v) is 14.7. The van der Waals surface area contributed by atoms with Gasteiger partial charge in [0.1, 0.15) is 0 Å². The molecule has 26 heavy (non-hydrogen) atoms. The average molecular weight is 390 g/mol. The van der Waals surface area contributed by atoms with Crippen molar-refractivity contribution in [2.75, 3.05) is 11.1 Å². The van der Waals surface area contributed by atoms with E-state index in [1.807, 2.05) is 0 Å². The number of carbonyl (C=O) groups excluding carboxylic acids is 1. The highest BCUT2D eigenvalue weighted by Crippen LogP contribution is 2.21. The minimum Gasteiger partial charge on any atom is -0.478 e. The number of nitrogens with zero attached hydrogens (tertiary/aromatic N) is 4. The molecule has 10 heteroatoms. The number of para-hydroxylation sites is 1. The molecule has 0 bridgehead atoms. The highest BCUT2D eigenvalue weighted by Gasteiger charge is 2.14. The fourth-order valence-electron chi connectivity index (χ4n) is 2.11. The topological polar surface area (TPSA) is 110 Å². The van der Waals surface area contributed by atoms with Gasteiger partial charge in [-0.15, -0.1) is 5.10 Å². The number of hydrogen-bond donors (Lipinski definition) is 2. The first-order valence-corrected chi connectivity index (χ1v) is 8.70. The molecule has 2 N–H and O–H groups in total. The second-order valence-corrected chi connectivity index (χ2v) is 6.42. The van der Waals surface area contributed by atoms with E-state index in [-0.39, 0.29) is 22.9 Å². The Bertz CT molecular complexity index is 945. The number of carboxylic acids is 1. The predicted octanol–water partition coefficient (Wildman–Crippen LogP) is 2.74. The van der Waals surface area contributed by atoms with E-state index < -0.39 is 5.97 Å². The van der Waals surface area contributed by atoms with Gasteiger partial charge >= 0.3 is 5.97 Å². The first-order valence-electron chi connectivity index (χ1n) is 7.34. The van der Waals surface area contributed by atoms with E-state index in [0.29, 0.717) is 15.9 Å². The maximum Gasteiger partial charge on any atom is 0.337 e. The molecule has 0 spiro atoms. The largest absolute Gasteiger partial charge is 0.478 e. The summed E-state index contributed by atoms with van der Waals surface area (Å²) in [5, 5.41) is 24.2. The number of rotatable bonds is 6. The molecule has 1 aromatic heterocycles. The number of nitrogens with one attached hydrogen (secondary N) is 1. The number of hydrogen-bond acceptors (Lipinski definition) is 6. The third kappa shape index (κ3) is 4.19. The van der Waals surface area contributed by atoms with Crippen molar-refractivity contribution in [2.45, 2.75) is 5.16 Å². The zero-order chi connectivity index (χ0) is 18.5. The van der Waals surface area contributed by atoms with Crippen molar-refractivity contribution in [3.63, 3.8) is 0 Å². The lowest BCUT2D eigenvalue weighted by molar-refractivity contribution is -0.113. The average Bonchev–Trinajstić information content (AvgIpc) is 3.09. The van der Waals surface area contributed by atoms with Gasteiger partial charge in [0.05, 0.1) is 22.7 Å². The molecular weight excluding hydrogens is 378 g/mol. The number of benzene rings is 2. The number of tetrazole rings is 1. The smallest absolute Gasteiger partial charge is 0.337 e. The van der Waals surface area contributed by atoms with Gasteiger partial charge in [-0.2, -0.15) is 4.68 Å². The number of halogens is 1. The van der Waals surface area contributed by atoms with Crippen molar-refractivity contribution in [1.29, 1.82) is 0 Å². The molecule has 8 nitrogen and oxygen atoms in total. The highest BCUT2D eigenvalue weighted by molar-refractivity contribution is 7.99. The maximum absolute atomic E-state index is 12.2. The number of carbonyl (C=O) groups is 2. The normalized spacial score (nSPS) is 10.5. The van der Waals surface area contributed by atoms with Crippen LogP contribution in [0.3, 0.4) is 0 Å². The van der Waals surface area contributed by atoms with Crippen LogP contribution in [-0.2, 0) is 4.79 Å². The van der Waals surface area contributed by atoms with Gasteiger partial charge in [-0.25, -0.2) is 4.79 Å². The van der Waals surface area contributed by atoms with E-state index in [0.717, 1.165) is 11.8 Å². The van der Waals surface area contributed by atoms with Crippen LogP contribution in [0.15, 0.2) is 53.7 Å². The Kier molecular flexibility index (Phi) is 5.49. The van der Waals surface area contributed by atoms with Crippen LogP contribution in [0.2, 0.25) is 5.02 Å². The summed E-state index contributed by atoms with van der Waals surface area (Å²) < 4.78 is 1.49. The molecule has 0 aliphatic carbocycles. The Balaban J connectivity index is 1.67. The number of anilines is 1. The Morgan fingerprint density at radius 2 is 1.88 bits per heavy atom. The van der Waals surface area contributed by atoms with Crippen LogP contribution in [0.5, 0.6) is 0 Å². The first-order chi connectivity index (χ1) is 12.5. The molecule has 132 valence electrons. The van der Waals surface area contributed by atoms with E-state index in [9.17, 15) is 9.59 Å². The molecule has 1 heterocycles. The third-order valence-electron chi connectivity index (χ3n) is 3.28. The van der Waals surface area contributed by atoms with Gasteiger partial charge < -0.3 is 10.4 Å². The van der Waals surface area contributed by atoms with Crippen molar-refractivity contribution in [2.24, 2.45) is 0 Å². The quantitative estimate of drug-likeness (QED) is 0.623. The van der Waals surface area contributed by atoms with Crippen molar-refractivity contribution in [3.05, 3.63) is 59.1 Å². The Hall–Kier alpha value is -2.91. The number of carboxylic acid groups (broad SMARTS) is 1. The number of aromatic nitrogens is 4. The van der Waals surface area contributed by atoms with Crippen LogP contribution in [0.1, 0.15) is 10.4 Å². The summed E-state index contributed by atoms with van der Waals surface area (Å²) in [6.45, 7) is 0. The van der Waals surface area contributed by atoms with Crippen molar-refractivity contribution in [1.82, 2.24) is 20.2 Å². The molecule has 0 saturated heterocycles. The summed E-state index contributed by atoms with van der Waals surface area (Å²) in [5.74, 6) is -1.46. The summed E-state index contributed by atoms with van der Waals surface area (Å²) in [6, 6.07) is 13.1. The highest BCUT2D eigenvalue weighted by atomic mass is 35.5. The molecule has 0 aliphatic rings. The van der Waals surface area contributed by atoms with E-state index in [2.05, 4.69) is 20.8 Å². The number of thioether (sulfide) groups is 1. The van der Waals surface area contributed by atoms with Gasteiger partial charge in [-0.05, 0) is 46.8 Å². The lowest BCUT2D eigenvalue weighted by Crippen LogP contribution is -2.17. The minimum atomic E-state index is -1.11. The summed E-state index contributed by atoms with van der Waals surface area (Å²) in [5.41, 5.74) is 0.971. The zero-order valence-electron chi connectivity index (χ0n) is 13.2. The Labute approximate surface area is 157 Å². The summed E-state index contributed by atoms with van der Waals surface area (Å²) in [6.07, 6.45) is 0. The van der Waals surface area contributed by atoms with E-state index in [1.165, 1.54) is 16.8 Å². The van der Waals surface area contributed by atoms with E-state index in [1.54, 1.807) is 36.4 Å². The summed E-state index contributed by atoms with van der Waals surface area (Å²) in [4.78, 5) is 23.3. The SMILES string of the molecule is O=C(CSc1nnnn1-c1ccc(Cl)cc1)Nc1ccccc1C(=O)O. The van der Waals surface area contributed by atoms with Crippen LogP contribution in [0.4, 0.5) is 5.69 Å². The molecule has 0 fully saturated rings. The predicted molar refractivity (Wildman–Crippen MR) is 96.9 cm³/mol. The van der Waals surface area contributed by atoms with Gasteiger partial charge in [-0.3, -0.25) is 4.79 Å². The van der Waals surface area contributed by atoms with Crippen molar-refractivity contribution in [3.8, 4) is 5.69 Å². The fourth-order valence-corrected chi connectivity index (χ4v) is 2.93. The molecule has 1 amide bonds. The molecule has 0 atom stereocenters. The van der Waals surface area contributed by atoms with Gasteiger partial charge in [0.15, 0.2) is 0 Å². The van der Waals surface area contributed by atoms with Crippen LogP contribution >= 0.6 is 23.4 Å². The van der Waals surface area contributed by atoms with Crippen LogP contribution in [-0.4, -0.2) is 42.9 Å². The first kappa shape index (κ1) is 17.9. The standard InChI is InChI=1S/C16H12ClN5O3S/c17-10-5-7-11(8-6-10)22-16(19-20-21-22)26-9-14(23)18-13-4-2-1-3-12(13)15(24)25/h1-8H,9H2,(H,18,23)(H,24,25). The monoisotopic (exact) mass is 389 g/mol. The minimum absolute atomic E-state index is 0.0158. The Morgan fingerprint density at radius 1 is 1.15 bits per heavy atom. The van der Waals surface area contributed by atoms with Crippen molar-refractivity contribution < 1.29 is 14.7 Å². The summed E-state index contributed by atoms with van der Waals surface area (Å²) >= 11 is 7.00. The molecule has 3 rings (SSSR count). The Morgan fingerprint density at radius 3 is 2.62 bits per heavy atom. The lowest BCUT2D eigenvalue weighted by Gasteiger charge is -2.08. The fraction of sp³-hybridized carbons (Fsp3) is 0.0625. The molecule has 2 aromatic carbocycles. The van der Waals surface area contributed by atoms with Gasteiger partial charge in [-0.1, -0.05) is 35.5 Å². The molecule has 0 radical (unpaired) electrons. The van der Waals surface area contributed by atoms with Crippen LogP contribution in [0, 0.1) is 0 Å². The molecule has 0 saturated carbocycles. The lowest BCUT2D eigenvalue weighted by atomic mass is 10.2. The number of aromatic carboxylic acids is 1. The molecule has 0 aliphatic heterocycles. The summed E-state index contributed by atoms with van der Waals surface area (Å²) in [7, 11) is 0. The molecule has 3 aromatic rings. The van der Waals surface area contributed by atoms with Crippen molar-refractivity contribution >= 4 is 40.9 Å². The maximum atomic E-state index is 12.2. The van der Waals surface area contributed by atoms with Gasteiger partial charge in [0.2, 0.25) is 11.1 Å². The second-order valence-electron chi connectivity index (χ2n) is 5.04. The van der Waals surface area contributed by atoms with E-state index >= 15 is 0 Å². The van der Waals surface area contributed by atoms with E-state index in [4.69, 9.17) is 16.7 Å². The van der Waals surface area contributed by atoms with Gasteiger partial charge in [0, 0.05) is 5.02 Å². The molecule has 0 unspecified atom stereocenters. The molecular formula is C16H12ClN5O3S. The second kappa shape index (κ2) is 7.98. The van der Waals surface area contributed by atoms with Gasteiger partial charge in [0.25, 0.3) is 0 Å². The van der Waals surface area contributed by atoms with Crippen LogP contribution in [0.25, 0.3) is 5.69 Å². The number of amides is 1. The third-order valence-corrected chi connectivity index (χ3v) is 4.45. The van der Waals surface area contributed by atoms with Crippen LogP contribution < -0.4 is 5.32 Å².